The van der Waals surface area contributed by atoms with E-state index in [9.17, 15) is 4.79 Å². The van der Waals surface area contributed by atoms with Crippen LogP contribution in [0.1, 0.15) is 19.8 Å². The topological polar surface area (TPSA) is 69.0 Å². The van der Waals surface area contributed by atoms with Crippen molar-refractivity contribution >= 4 is 34.1 Å². The van der Waals surface area contributed by atoms with Gasteiger partial charge in [-0.25, -0.2) is 0 Å². The number of aromatic nitrogens is 3. The lowest BCUT2D eigenvalue weighted by atomic mass is 10.1. The number of anilines is 1. The first-order chi connectivity index (χ1) is 16.7. The van der Waals surface area contributed by atoms with E-state index in [1.807, 2.05) is 71.3 Å². The number of nitrogens with one attached hydrogen (secondary N) is 1. The fourth-order valence-electron chi connectivity index (χ4n) is 3.59. The molecule has 7 heteroatoms. The van der Waals surface area contributed by atoms with E-state index in [1.54, 1.807) is 6.08 Å². The molecular weight excluding hydrogens is 444 g/mol. The number of unbranched alkanes of at least 4 members (excludes halogenated alkanes) is 1. The molecule has 0 aliphatic carbocycles. The van der Waals surface area contributed by atoms with Crippen LogP contribution in [-0.4, -0.2) is 33.0 Å². The van der Waals surface area contributed by atoms with Gasteiger partial charge in [-0.2, -0.15) is 0 Å². The van der Waals surface area contributed by atoms with Gasteiger partial charge in [0, 0.05) is 23.2 Å². The van der Waals surface area contributed by atoms with E-state index in [2.05, 4.69) is 29.0 Å². The lowest BCUT2D eigenvalue weighted by molar-refractivity contribution is -0.113. The summed E-state index contributed by atoms with van der Waals surface area (Å²) in [5.41, 5.74) is 1.74. The maximum absolute atomic E-state index is 12.7. The summed E-state index contributed by atoms with van der Waals surface area (Å²) in [6.45, 7) is 7.26. The maximum atomic E-state index is 12.7. The van der Waals surface area contributed by atoms with Crippen molar-refractivity contribution in [2.24, 2.45) is 0 Å². The summed E-state index contributed by atoms with van der Waals surface area (Å²) in [7, 11) is 0. The Balaban J connectivity index is 1.44. The van der Waals surface area contributed by atoms with Crippen molar-refractivity contribution in [3.05, 3.63) is 79.4 Å². The molecule has 0 unspecified atom stereocenters. The van der Waals surface area contributed by atoms with Gasteiger partial charge in [-0.1, -0.05) is 67.6 Å². The minimum absolute atomic E-state index is 0.0929. The molecule has 0 bridgehead atoms. The lowest BCUT2D eigenvalue weighted by Crippen LogP contribution is -2.15. The molecule has 0 saturated carbocycles. The molecule has 0 radical (unpaired) electrons. The third-order valence-electron chi connectivity index (χ3n) is 5.30. The molecule has 1 heterocycles. The first-order valence-corrected chi connectivity index (χ1v) is 12.4. The highest BCUT2D eigenvalue weighted by molar-refractivity contribution is 7.99. The average Bonchev–Trinajstić information content (AvgIpc) is 3.26. The Morgan fingerprint density at radius 2 is 1.88 bits per heavy atom. The molecule has 0 fully saturated rings. The number of carbonyl (C=O) groups excluding carboxylic acids is 1. The molecular formula is C27H28N4O2S. The number of rotatable bonds is 11. The highest BCUT2D eigenvalue weighted by Crippen LogP contribution is 2.27. The first kappa shape index (κ1) is 23.6. The fraction of sp³-hybridized carbons (Fsp3) is 0.222. The molecule has 1 N–H and O–H groups in total. The highest BCUT2D eigenvalue weighted by atomic mass is 32.2. The third-order valence-corrected chi connectivity index (χ3v) is 6.27. The van der Waals surface area contributed by atoms with Gasteiger partial charge in [0.05, 0.1) is 12.4 Å². The molecule has 6 nitrogen and oxygen atoms in total. The minimum Gasteiger partial charge on any atom is -0.494 e. The minimum atomic E-state index is -0.0929. The van der Waals surface area contributed by atoms with Gasteiger partial charge in [0.15, 0.2) is 11.0 Å². The second-order valence-corrected chi connectivity index (χ2v) is 8.74. The number of carbonyl (C=O) groups is 1. The summed E-state index contributed by atoms with van der Waals surface area (Å²) in [5, 5.41) is 14.5. The van der Waals surface area contributed by atoms with Crippen LogP contribution < -0.4 is 10.1 Å². The summed E-state index contributed by atoms with van der Waals surface area (Å²) < 4.78 is 7.72. The van der Waals surface area contributed by atoms with Gasteiger partial charge in [0.25, 0.3) is 0 Å². The number of hydrogen-bond acceptors (Lipinski definition) is 5. The first-order valence-electron chi connectivity index (χ1n) is 11.4. The molecule has 0 aliphatic rings. The standard InChI is InChI=1S/C27H28N4O2S/c1-3-5-18-33-22-15-13-21(14-16-22)26-29-30-27(31(26)17-4-2)34-19-25(32)28-24-12-8-10-20-9-6-7-11-23(20)24/h4,6-16H,2-3,5,17-19H2,1H3,(H,28,32). The van der Waals surface area contributed by atoms with Crippen LogP contribution in [0, 0.1) is 0 Å². The molecule has 0 spiro atoms. The zero-order valence-electron chi connectivity index (χ0n) is 19.2. The Morgan fingerprint density at radius 1 is 1.09 bits per heavy atom. The van der Waals surface area contributed by atoms with Crippen LogP contribution in [0.4, 0.5) is 5.69 Å². The Kier molecular flexibility index (Phi) is 7.99. The number of nitrogens with zero attached hydrogens (tertiary/aromatic N) is 3. The van der Waals surface area contributed by atoms with Crippen LogP contribution >= 0.6 is 11.8 Å². The second kappa shape index (κ2) is 11.5. The molecule has 1 amide bonds. The van der Waals surface area contributed by atoms with E-state index in [1.165, 1.54) is 11.8 Å². The van der Waals surface area contributed by atoms with Crippen LogP contribution in [0.3, 0.4) is 0 Å². The quantitative estimate of drug-likeness (QED) is 0.160. The molecule has 1 aromatic heterocycles. The average molecular weight is 473 g/mol. The molecule has 174 valence electrons. The number of amides is 1. The molecule has 0 aliphatic heterocycles. The Hall–Kier alpha value is -3.58. The molecule has 0 atom stereocenters. The van der Waals surface area contributed by atoms with Crippen LogP contribution in [0.2, 0.25) is 0 Å². The van der Waals surface area contributed by atoms with Gasteiger partial charge < -0.3 is 10.1 Å². The van der Waals surface area contributed by atoms with Crippen molar-refractivity contribution in [3.8, 4) is 17.1 Å². The van der Waals surface area contributed by atoms with Crippen molar-refractivity contribution in [2.75, 3.05) is 17.7 Å². The predicted octanol–water partition coefficient (Wildman–Crippen LogP) is 6.19. The van der Waals surface area contributed by atoms with Crippen LogP contribution in [0.15, 0.2) is 84.5 Å². The van der Waals surface area contributed by atoms with E-state index in [0.717, 1.165) is 46.4 Å². The second-order valence-electron chi connectivity index (χ2n) is 7.80. The SMILES string of the molecule is C=CCn1c(SCC(=O)Nc2cccc3ccccc23)nnc1-c1ccc(OCCCC)cc1. The lowest BCUT2D eigenvalue weighted by Gasteiger charge is -2.10. The molecule has 4 aromatic rings. The van der Waals surface area contributed by atoms with Gasteiger partial charge in [-0.3, -0.25) is 9.36 Å². The number of allylic oxidation sites excluding steroid dienone is 1. The van der Waals surface area contributed by atoms with Crippen molar-refractivity contribution in [1.82, 2.24) is 14.8 Å². The van der Waals surface area contributed by atoms with Gasteiger partial charge in [0.2, 0.25) is 5.91 Å². The Bertz CT molecular complexity index is 1260. The summed E-state index contributed by atoms with van der Waals surface area (Å²) in [5.74, 6) is 1.70. The smallest absolute Gasteiger partial charge is 0.234 e. The van der Waals surface area contributed by atoms with Crippen molar-refractivity contribution < 1.29 is 9.53 Å². The van der Waals surface area contributed by atoms with E-state index in [4.69, 9.17) is 4.74 Å². The Morgan fingerprint density at radius 3 is 2.68 bits per heavy atom. The largest absolute Gasteiger partial charge is 0.494 e. The van der Waals surface area contributed by atoms with E-state index in [-0.39, 0.29) is 11.7 Å². The maximum Gasteiger partial charge on any atom is 0.234 e. The van der Waals surface area contributed by atoms with Gasteiger partial charge in [0.1, 0.15) is 5.75 Å². The normalized spacial score (nSPS) is 10.9. The van der Waals surface area contributed by atoms with E-state index >= 15 is 0 Å². The number of benzene rings is 3. The molecule has 3 aromatic carbocycles. The summed E-state index contributed by atoms with van der Waals surface area (Å²) in [6, 6.07) is 21.7. The fourth-order valence-corrected chi connectivity index (χ4v) is 4.34. The van der Waals surface area contributed by atoms with E-state index in [0.29, 0.717) is 18.3 Å². The monoisotopic (exact) mass is 472 g/mol. The summed E-state index contributed by atoms with van der Waals surface area (Å²) >= 11 is 1.36. The summed E-state index contributed by atoms with van der Waals surface area (Å²) in [6.07, 6.45) is 3.93. The zero-order chi connectivity index (χ0) is 23.8. The zero-order valence-corrected chi connectivity index (χ0v) is 20.1. The predicted molar refractivity (Wildman–Crippen MR) is 139 cm³/mol. The number of fused-ring (bicyclic) bond motifs is 1. The molecule has 34 heavy (non-hydrogen) atoms. The highest BCUT2D eigenvalue weighted by Gasteiger charge is 2.15. The third kappa shape index (κ3) is 5.66. The van der Waals surface area contributed by atoms with Crippen LogP contribution in [-0.2, 0) is 11.3 Å². The summed E-state index contributed by atoms with van der Waals surface area (Å²) in [4.78, 5) is 12.7. The van der Waals surface area contributed by atoms with Gasteiger partial charge in [-0.05, 0) is 42.1 Å². The van der Waals surface area contributed by atoms with Crippen molar-refractivity contribution in [1.29, 1.82) is 0 Å². The molecule has 0 saturated heterocycles. The Labute approximate surface area is 204 Å². The molecule has 4 rings (SSSR count). The van der Waals surface area contributed by atoms with Gasteiger partial charge in [-0.15, -0.1) is 16.8 Å². The van der Waals surface area contributed by atoms with Gasteiger partial charge >= 0.3 is 0 Å². The van der Waals surface area contributed by atoms with E-state index < -0.39 is 0 Å². The van der Waals surface area contributed by atoms with Crippen molar-refractivity contribution in [2.45, 2.75) is 31.5 Å². The van der Waals surface area contributed by atoms with Crippen molar-refractivity contribution in [3.63, 3.8) is 0 Å². The number of thioether (sulfide) groups is 1. The van der Waals surface area contributed by atoms with Crippen LogP contribution in [0.25, 0.3) is 22.2 Å². The van der Waals surface area contributed by atoms with Crippen LogP contribution in [0.5, 0.6) is 5.75 Å². The number of ether oxygens (including phenoxy) is 1. The number of hydrogen-bond donors (Lipinski definition) is 1.